The molecule has 0 radical (unpaired) electrons. The first-order chi connectivity index (χ1) is 7.48. The lowest BCUT2D eigenvalue weighted by Gasteiger charge is -2.13. The van der Waals surface area contributed by atoms with Crippen molar-refractivity contribution in [2.24, 2.45) is 4.99 Å². The summed E-state index contributed by atoms with van der Waals surface area (Å²) in [6.07, 6.45) is -4.34. The van der Waals surface area contributed by atoms with Crippen LogP contribution < -0.4 is 5.32 Å². The second-order valence-electron chi connectivity index (χ2n) is 3.78. The minimum absolute atomic E-state index is 0.0938. The number of amidine groups is 1. The van der Waals surface area contributed by atoms with Gasteiger partial charge < -0.3 is 5.32 Å². The monoisotopic (exact) mass is 228 g/mol. The van der Waals surface area contributed by atoms with Gasteiger partial charge in [0.2, 0.25) is 0 Å². The molecule has 5 heteroatoms. The van der Waals surface area contributed by atoms with Crippen molar-refractivity contribution in [3.63, 3.8) is 0 Å². The predicted octanol–water partition coefficient (Wildman–Crippen LogP) is 2.44. The Bertz CT molecular complexity index is 423. The first kappa shape index (κ1) is 11.0. The van der Waals surface area contributed by atoms with E-state index in [1.807, 2.05) is 6.92 Å². The van der Waals surface area contributed by atoms with E-state index in [0.29, 0.717) is 12.4 Å². The summed E-state index contributed by atoms with van der Waals surface area (Å²) in [4.78, 5) is 4.07. The number of nitrogens with zero attached hydrogens (tertiary/aromatic N) is 1. The highest BCUT2D eigenvalue weighted by atomic mass is 19.4. The van der Waals surface area contributed by atoms with Crippen LogP contribution in [0.5, 0.6) is 0 Å². The van der Waals surface area contributed by atoms with E-state index in [9.17, 15) is 13.2 Å². The second kappa shape index (κ2) is 3.81. The fourth-order valence-corrected chi connectivity index (χ4v) is 1.65. The molecular formula is C11H11F3N2. The van der Waals surface area contributed by atoms with Crippen LogP contribution in [0.3, 0.4) is 0 Å². The maximum absolute atomic E-state index is 12.7. The Morgan fingerprint density at radius 1 is 1.31 bits per heavy atom. The third-order valence-electron chi connectivity index (χ3n) is 2.39. The van der Waals surface area contributed by atoms with E-state index < -0.39 is 11.7 Å². The molecule has 1 aliphatic heterocycles. The summed E-state index contributed by atoms with van der Waals surface area (Å²) in [6.45, 7) is 2.40. The van der Waals surface area contributed by atoms with Gasteiger partial charge in [0.05, 0.1) is 12.1 Å². The minimum Gasteiger partial charge on any atom is -0.366 e. The van der Waals surface area contributed by atoms with E-state index >= 15 is 0 Å². The summed E-state index contributed by atoms with van der Waals surface area (Å²) >= 11 is 0. The van der Waals surface area contributed by atoms with Gasteiger partial charge in [-0.2, -0.15) is 13.2 Å². The third-order valence-corrected chi connectivity index (χ3v) is 2.39. The Kier molecular flexibility index (Phi) is 2.61. The van der Waals surface area contributed by atoms with Crippen molar-refractivity contribution in [3.05, 3.63) is 35.4 Å². The quantitative estimate of drug-likeness (QED) is 0.784. The second-order valence-corrected chi connectivity index (χ2v) is 3.78. The zero-order valence-electron chi connectivity index (χ0n) is 8.67. The molecule has 0 aliphatic carbocycles. The molecule has 2 nitrogen and oxygen atoms in total. The fraction of sp³-hybridized carbons (Fsp3) is 0.364. The lowest BCUT2D eigenvalue weighted by atomic mass is 10.1. The van der Waals surface area contributed by atoms with Crippen molar-refractivity contribution in [1.82, 2.24) is 5.32 Å². The zero-order valence-corrected chi connectivity index (χ0v) is 8.67. The number of alkyl halides is 3. The molecule has 86 valence electrons. The highest BCUT2D eigenvalue weighted by Gasteiger charge is 2.34. The zero-order chi connectivity index (χ0) is 11.8. The summed E-state index contributed by atoms with van der Waals surface area (Å²) in [7, 11) is 0. The Morgan fingerprint density at radius 3 is 2.56 bits per heavy atom. The van der Waals surface area contributed by atoms with E-state index in [0.717, 1.165) is 6.07 Å². The molecule has 1 aliphatic rings. The van der Waals surface area contributed by atoms with Crippen LogP contribution in [0.4, 0.5) is 13.2 Å². The minimum atomic E-state index is -4.34. The normalized spacial score (nSPS) is 20.5. The van der Waals surface area contributed by atoms with Crippen LogP contribution in [0, 0.1) is 0 Å². The van der Waals surface area contributed by atoms with E-state index in [1.165, 1.54) is 12.1 Å². The van der Waals surface area contributed by atoms with Gasteiger partial charge in [0, 0.05) is 11.6 Å². The van der Waals surface area contributed by atoms with Gasteiger partial charge in [-0.05, 0) is 13.0 Å². The topological polar surface area (TPSA) is 24.4 Å². The van der Waals surface area contributed by atoms with Gasteiger partial charge in [-0.25, -0.2) is 0 Å². The summed E-state index contributed by atoms with van der Waals surface area (Å²) in [5.41, 5.74) is -0.519. The van der Waals surface area contributed by atoms with Crippen LogP contribution in [-0.4, -0.2) is 18.4 Å². The smallest absolute Gasteiger partial charge is 0.366 e. The third kappa shape index (κ3) is 2.03. The van der Waals surface area contributed by atoms with Crippen molar-refractivity contribution in [1.29, 1.82) is 0 Å². The number of hydrogen-bond acceptors (Lipinski definition) is 2. The van der Waals surface area contributed by atoms with Crippen molar-refractivity contribution in [2.75, 3.05) is 6.54 Å². The number of nitrogens with one attached hydrogen (secondary N) is 1. The molecular weight excluding hydrogens is 217 g/mol. The molecule has 0 saturated carbocycles. The Labute approximate surface area is 91.2 Å². The first-order valence-electron chi connectivity index (χ1n) is 4.96. The van der Waals surface area contributed by atoms with Crippen LogP contribution in [0.25, 0.3) is 0 Å². The molecule has 2 rings (SSSR count). The van der Waals surface area contributed by atoms with E-state index in [1.54, 1.807) is 6.07 Å². The molecule has 0 saturated heterocycles. The molecule has 1 N–H and O–H groups in total. The van der Waals surface area contributed by atoms with Gasteiger partial charge in [0.25, 0.3) is 0 Å². The van der Waals surface area contributed by atoms with Crippen molar-refractivity contribution in [2.45, 2.75) is 19.1 Å². The molecule has 0 amide bonds. The van der Waals surface area contributed by atoms with Gasteiger partial charge in [0.1, 0.15) is 5.84 Å². The Balaban J connectivity index is 2.42. The standard InChI is InChI=1S/C11H11F3N2/c1-7-6-15-10(16-7)8-4-2-3-5-9(8)11(12,13)14/h2-5,7H,6H2,1H3,(H,15,16). The van der Waals surface area contributed by atoms with Crippen LogP contribution in [0.1, 0.15) is 18.1 Å². The summed E-state index contributed by atoms with van der Waals surface area (Å²) in [5, 5.41) is 2.93. The predicted molar refractivity (Wildman–Crippen MR) is 55.4 cm³/mol. The van der Waals surface area contributed by atoms with E-state index in [2.05, 4.69) is 10.3 Å². The Morgan fingerprint density at radius 2 is 2.00 bits per heavy atom. The number of aliphatic imine (C=N–C) groups is 1. The van der Waals surface area contributed by atoms with Gasteiger partial charge in [0.15, 0.2) is 0 Å². The fourth-order valence-electron chi connectivity index (χ4n) is 1.65. The van der Waals surface area contributed by atoms with Gasteiger partial charge in [-0.3, -0.25) is 4.99 Å². The molecule has 1 aromatic rings. The summed E-state index contributed by atoms with van der Waals surface area (Å²) in [5.74, 6) is 0.334. The molecule has 1 atom stereocenters. The lowest BCUT2D eigenvalue weighted by molar-refractivity contribution is -0.137. The van der Waals surface area contributed by atoms with Gasteiger partial charge in [-0.1, -0.05) is 18.2 Å². The van der Waals surface area contributed by atoms with Crippen LogP contribution in [0.2, 0.25) is 0 Å². The molecule has 1 heterocycles. The molecule has 16 heavy (non-hydrogen) atoms. The largest absolute Gasteiger partial charge is 0.417 e. The average molecular weight is 228 g/mol. The van der Waals surface area contributed by atoms with E-state index in [-0.39, 0.29) is 11.6 Å². The van der Waals surface area contributed by atoms with E-state index in [4.69, 9.17) is 0 Å². The van der Waals surface area contributed by atoms with Crippen molar-refractivity contribution in [3.8, 4) is 0 Å². The van der Waals surface area contributed by atoms with Crippen molar-refractivity contribution >= 4 is 5.84 Å². The SMILES string of the molecule is CC1CN=C(c2ccccc2C(F)(F)F)N1. The number of hydrogen-bond donors (Lipinski definition) is 1. The molecule has 1 aromatic carbocycles. The van der Waals surface area contributed by atoms with Crippen LogP contribution >= 0.6 is 0 Å². The summed E-state index contributed by atoms with van der Waals surface area (Å²) in [6, 6.07) is 5.56. The van der Waals surface area contributed by atoms with Crippen molar-refractivity contribution < 1.29 is 13.2 Å². The highest BCUT2D eigenvalue weighted by molar-refractivity contribution is 6.01. The molecule has 1 unspecified atom stereocenters. The maximum atomic E-state index is 12.7. The van der Waals surface area contributed by atoms with Gasteiger partial charge >= 0.3 is 6.18 Å². The molecule has 0 bridgehead atoms. The number of rotatable bonds is 1. The molecule has 0 spiro atoms. The maximum Gasteiger partial charge on any atom is 0.417 e. The molecule has 0 fully saturated rings. The lowest BCUT2D eigenvalue weighted by Crippen LogP contribution is -2.29. The number of benzene rings is 1. The number of halogens is 3. The first-order valence-corrected chi connectivity index (χ1v) is 4.96. The Hall–Kier alpha value is -1.52. The molecule has 0 aromatic heterocycles. The average Bonchev–Trinajstić information content (AvgIpc) is 2.64. The summed E-state index contributed by atoms with van der Waals surface area (Å²) < 4.78 is 38.1. The van der Waals surface area contributed by atoms with Gasteiger partial charge in [-0.15, -0.1) is 0 Å². The van der Waals surface area contributed by atoms with Crippen LogP contribution in [-0.2, 0) is 6.18 Å². The highest BCUT2D eigenvalue weighted by Crippen LogP contribution is 2.32. The van der Waals surface area contributed by atoms with Crippen LogP contribution in [0.15, 0.2) is 29.3 Å².